The van der Waals surface area contributed by atoms with E-state index in [9.17, 15) is 0 Å². The summed E-state index contributed by atoms with van der Waals surface area (Å²) < 4.78 is 4.12. The van der Waals surface area contributed by atoms with Gasteiger partial charge in [-0.25, -0.2) is 0 Å². The van der Waals surface area contributed by atoms with Gasteiger partial charge in [-0.15, -0.1) is 10.2 Å². The number of hydrogen-bond donors (Lipinski definition) is 1. The molecule has 0 fully saturated rings. The molecule has 0 aliphatic rings. The Morgan fingerprint density at radius 3 is 2.69 bits per heavy atom. The lowest BCUT2D eigenvalue weighted by Gasteiger charge is -1.95. The Morgan fingerprint density at radius 2 is 1.94 bits per heavy atom. The van der Waals surface area contributed by atoms with E-state index in [0.29, 0.717) is 6.54 Å². The Bertz CT molecular complexity index is 649. The van der Waals surface area contributed by atoms with E-state index in [1.54, 1.807) is 0 Å². The Balaban J connectivity index is 2.45. The first kappa shape index (κ1) is 9.35. The number of imidazole rings is 1. The minimum absolute atomic E-state index is 0.587. The van der Waals surface area contributed by atoms with E-state index in [1.165, 1.54) is 0 Å². The van der Waals surface area contributed by atoms with Gasteiger partial charge in [-0.3, -0.25) is 4.40 Å². The number of benzene rings is 1. The van der Waals surface area contributed by atoms with Crippen LogP contribution in [0.15, 0.2) is 24.3 Å². The second-order valence-electron chi connectivity index (χ2n) is 3.84. The largest absolute Gasteiger partial charge is 0.330 e. The van der Waals surface area contributed by atoms with Crippen molar-refractivity contribution in [2.45, 2.75) is 6.42 Å². The quantitative estimate of drug-likeness (QED) is 0.685. The molecule has 2 heterocycles. The average molecular weight is 215 g/mol. The molecule has 0 unspecified atom stereocenters. The normalized spacial score (nSPS) is 11.6. The van der Waals surface area contributed by atoms with Crippen molar-refractivity contribution in [1.29, 1.82) is 0 Å². The third-order valence-electron chi connectivity index (χ3n) is 2.86. The third kappa shape index (κ3) is 1.09. The maximum absolute atomic E-state index is 5.57. The molecular weight excluding hydrogens is 202 g/mol. The minimum Gasteiger partial charge on any atom is -0.330 e. The first-order valence-electron chi connectivity index (χ1n) is 5.30. The standard InChI is InChI=1S/C11H13N5/c1-15-8-4-2-3-5-9(8)16-10(6-7-12)13-14-11(15)16/h2-5H,6-7,12H2,1H3. The highest BCUT2D eigenvalue weighted by molar-refractivity contribution is 5.80. The van der Waals surface area contributed by atoms with Crippen LogP contribution in [0, 0.1) is 0 Å². The highest BCUT2D eigenvalue weighted by Gasteiger charge is 2.13. The average Bonchev–Trinajstić information content (AvgIpc) is 2.83. The molecule has 3 aromatic rings. The third-order valence-corrected chi connectivity index (χ3v) is 2.86. The molecule has 3 rings (SSSR count). The molecule has 0 saturated carbocycles. The predicted octanol–water partition coefficient (Wildman–Crippen LogP) is 0.722. The lowest BCUT2D eigenvalue weighted by Crippen LogP contribution is -2.06. The van der Waals surface area contributed by atoms with Gasteiger partial charge in [0.2, 0.25) is 5.78 Å². The van der Waals surface area contributed by atoms with Gasteiger partial charge < -0.3 is 10.3 Å². The molecule has 2 N–H and O–H groups in total. The number of rotatable bonds is 2. The smallest absolute Gasteiger partial charge is 0.236 e. The zero-order chi connectivity index (χ0) is 11.1. The lowest BCUT2D eigenvalue weighted by molar-refractivity contribution is 0.857. The molecule has 0 spiro atoms. The SMILES string of the molecule is Cn1c2ccccc2n2c(CCN)nnc12. The molecular formula is C11H13N5. The molecule has 0 bridgehead atoms. The van der Waals surface area contributed by atoms with Gasteiger partial charge in [0.05, 0.1) is 11.0 Å². The summed E-state index contributed by atoms with van der Waals surface area (Å²) in [6.45, 7) is 0.587. The van der Waals surface area contributed by atoms with Crippen molar-refractivity contribution in [3.05, 3.63) is 30.1 Å². The van der Waals surface area contributed by atoms with Gasteiger partial charge in [-0.1, -0.05) is 12.1 Å². The zero-order valence-corrected chi connectivity index (χ0v) is 9.09. The van der Waals surface area contributed by atoms with Gasteiger partial charge in [0.15, 0.2) is 0 Å². The van der Waals surface area contributed by atoms with Crippen LogP contribution in [-0.4, -0.2) is 25.7 Å². The number of aromatic nitrogens is 4. The van der Waals surface area contributed by atoms with Crippen molar-refractivity contribution in [1.82, 2.24) is 19.2 Å². The van der Waals surface area contributed by atoms with E-state index in [2.05, 4.69) is 26.7 Å². The van der Waals surface area contributed by atoms with E-state index >= 15 is 0 Å². The molecule has 82 valence electrons. The fourth-order valence-corrected chi connectivity index (χ4v) is 2.11. The van der Waals surface area contributed by atoms with E-state index in [1.807, 2.05) is 23.7 Å². The van der Waals surface area contributed by atoms with Crippen molar-refractivity contribution in [2.24, 2.45) is 12.8 Å². The molecule has 1 aromatic carbocycles. The maximum Gasteiger partial charge on any atom is 0.236 e. The summed E-state index contributed by atoms with van der Waals surface area (Å²) >= 11 is 0. The van der Waals surface area contributed by atoms with E-state index in [4.69, 9.17) is 5.73 Å². The van der Waals surface area contributed by atoms with Crippen molar-refractivity contribution < 1.29 is 0 Å². The van der Waals surface area contributed by atoms with Crippen LogP contribution in [-0.2, 0) is 13.5 Å². The summed E-state index contributed by atoms with van der Waals surface area (Å²) in [6, 6.07) is 8.20. The maximum atomic E-state index is 5.57. The van der Waals surface area contributed by atoms with Gasteiger partial charge in [0, 0.05) is 13.5 Å². The van der Waals surface area contributed by atoms with Gasteiger partial charge in [-0.2, -0.15) is 0 Å². The highest BCUT2D eigenvalue weighted by atomic mass is 15.3. The molecule has 2 aromatic heterocycles. The van der Waals surface area contributed by atoms with E-state index in [-0.39, 0.29) is 0 Å². The van der Waals surface area contributed by atoms with Gasteiger partial charge in [0.1, 0.15) is 5.82 Å². The fourth-order valence-electron chi connectivity index (χ4n) is 2.11. The number of fused-ring (bicyclic) bond motifs is 3. The summed E-state index contributed by atoms with van der Waals surface area (Å²) in [4.78, 5) is 0. The Kier molecular flexibility index (Phi) is 1.94. The molecule has 0 atom stereocenters. The highest BCUT2D eigenvalue weighted by Crippen LogP contribution is 2.19. The van der Waals surface area contributed by atoms with Gasteiger partial charge in [0.25, 0.3) is 0 Å². The minimum atomic E-state index is 0.587. The monoisotopic (exact) mass is 215 g/mol. The van der Waals surface area contributed by atoms with E-state index < -0.39 is 0 Å². The summed E-state index contributed by atoms with van der Waals surface area (Å²) in [5.41, 5.74) is 7.86. The van der Waals surface area contributed by atoms with Crippen LogP contribution < -0.4 is 5.73 Å². The predicted molar refractivity (Wildman–Crippen MR) is 62.2 cm³/mol. The molecule has 0 radical (unpaired) electrons. The van der Waals surface area contributed by atoms with Crippen LogP contribution in [0.2, 0.25) is 0 Å². The van der Waals surface area contributed by atoms with Crippen LogP contribution in [0.5, 0.6) is 0 Å². The molecule has 0 aliphatic carbocycles. The Labute approximate surface area is 92.5 Å². The Morgan fingerprint density at radius 1 is 1.19 bits per heavy atom. The van der Waals surface area contributed by atoms with Crippen LogP contribution in [0.4, 0.5) is 0 Å². The molecule has 5 heteroatoms. The summed E-state index contributed by atoms with van der Waals surface area (Å²) in [6.07, 6.45) is 0.745. The molecule has 0 aliphatic heterocycles. The van der Waals surface area contributed by atoms with Crippen molar-refractivity contribution in [3.8, 4) is 0 Å². The summed E-state index contributed by atoms with van der Waals surface area (Å²) in [5, 5.41) is 8.36. The number of nitrogens with two attached hydrogens (primary N) is 1. The zero-order valence-electron chi connectivity index (χ0n) is 9.09. The first-order chi connectivity index (χ1) is 7.83. The Hall–Kier alpha value is -1.88. The molecule has 0 amide bonds. The number of para-hydroxylation sites is 2. The van der Waals surface area contributed by atoms with Crippen LogP contribution in [0.3, 0.4) is 0 Å². The van der Waals surface area contributed by atoms with Crippen molar-refractivity contribution >= 4 is 16.8 Å². The summed E-state index contributed by atoms with van der Waals surface area (Å²) in [7, 11) is 2.00. The molecule has 0 saturated heterocycles. The lowest BCUT2D eigenvalue weighted by atomic mass is 10.3. The van der Waals surface area contributed by atoms with Gasteiger partial charge >= 0.3 is 0 Å². The van der Waals surface area contributed by atoms with E-state index in [0.717, 1.165) is 29.1 Å². The number of aryl methyl sites for hydroxylation is 1. The van der Waals surface area contributed by atoms with Gasteiger partial charge in [-0.05, 0) is 18.7 Å². The first-order valence-corrected chi connectivity index (χ1v) is 5.30. The fraction of sp³-hybridized carbons (Fsp3) is 0.273. The van der Waals surface area contributed by atoms with Crippen LogP contribution >= 0.6 is 0 Å². The van der Waals surface area contributed by atoms with Crippen molar-refractivity contribution in [3.63, 3.8) is 0 Å². The molecule has 5 nitrogen and oxygen atoms in total. The number of nitrogens with zero attached hydrogens (tertiary/aromatic N) is 4. The summed E-state index contributed by atoms with van der Waals surface area (Å²) in [5.74, 6) is 1.79. The van der Waals surface area contributed by atoms with Crippen LogP contribution in [0.25, 0.3) is 16.8 Å². The van der Waals surface area contributed by atoms with Crippen molar-refractivity contribution in [2.75, 3.05) is 6.54 Å². The number of hydrogen-bond acceptors (Lipinski definition) is 3. The second kappa shape index (κ2) is 3.31. The topological polar surface area (TPSA) is 61.1 Å². The second-order valence-corrected chi connectivity index (χ2v) is 3.84. The van der Waals surface area contributed by atoms with Crippen LogP contribution in [0.1, 0.15) is 5.82 Å². The molecule has 16 heavy (non-hydrogen) atoms.